The maximum absolute atomic E-state index is 13.0. The third kappa shape index (κ3) is 4.37. The quantitative estimate of drug-likeness (QED) is 0.414. The topological polar surface area (TPSA) is 87.1 Å². The number of halogens is 1. The van der Waals surface area contributed by atoms with E-state index in [-0.39, 0.29) is 5.82 Å². The fourth-order valence-corrected chi connectivity index (χ4v) is 2.95. The van der Waals surface area contributed by atoms with Gasteiger partial charge in [-0.25, -0.2) is 4.39 Å². The van der Waals surface area contributed by atoms with Gasteiger partial charge in [0, 0.05) is 5.56 Å². The van der Waals surface area contributed by atoms with Crippen molar-refractivity contribution in [3.63, 3.8) is 0 Å². The summed E-state index contributed by atoms with van der Waals surface area (Å²) in [5, 5.41) is 16.4. The van der Waals surface area contributed by atoms with Crippen molar-refractivity contribution in [2.24, 2.45) is 0 Å². The average Bonchev–Trinajstić information content (AvgIpc) is 3.38. The van der Waals surface area contributed by atoms with E-state index in [0.29, 0.717) is 34.4 Å². The third-order valence-electron chi connectivity index (χ3n) is 3.70. The van der Waals surface area contributed by atoms with Crippen LogP contribution in [0.15, 0.2) is 68.7 Å². The van der Waals surface area contributed by atoms with E-state index in [9.17, 15) is 4.39 Å². The predicted molar refractivity (Wildman–Crippen MR) is 99.0 cm³/mol. The molecule has 142 valence electrons. The molecular formula is C19H15FN4O3S. The van der Waals surface area contributed by atoms with Gasteiger partial charge in [-0.2, -0.15) is 0 Å². The Morgan fingerprint density at radius 2 is 1.75 bits per heavy atom. The van der Waals surface area contributed by atoms with Gasteiger partial charge >= 0.3 is 0 Å². The van der Waals surface area contributed by atoms with Crippen LogP contribution < -0.4 is 4.74 Å². The van der Waals surface area contributed by atoms with Crippen LogP contribution in [-0.4, -0.2) is 20.4 Å². The van der Waals surface area contributed by atoms with Gasteiger partial charge in [-0.15, -0.1) is 20.4 Å². The molecule has 0 aliphatic heterocycles. The molecule has 0 radical (unpaired) electrons. The summed E-state index contributed by atoms with van der Waals surface area (Å²) in [7, 11) is 0. The zero-order chi connectivity index (χ0) is 19.3. The number of thioether (sulfide) groups is 1. The lowest BCUT2D eigenvalue weighted by atomic mass is 10.2. The van der Waals surface area contributed by atoms with E-state index in [1.165, 1.54) is 36.0 Å². The highest BCUT2D eigenvalue weighted by Gasteiger charge is 2.17. The van der Waals surface area contributed by atoms with Crippen LogP contribution in [0.1, 0.15) is 24.8 Å². The van der Waals surface area contributed by atoms with Crippen molar-refractivity contribution in [2.75, 3.05) is 0 Å². The van der Waals surface area contributed by atoms with Crippen molar-refractivity contribution in [3.8, 4) is 17.2 Å². The molecule has 9 heteroatoms. The van der Waals surface area contributed by atoms with Crippen molar-refractivity contribution in [1.82, 2.24) is 20.4 Å². The lowest BCUT2D eigenvalue weighted by Crippen LogP contribution is -2.03. The Hall–Kier alpha value is -3.20. The molecule has 0 unspecified atom stereocenters. The Balaban J connectivity index is 1.35. The monoisotopic (exact) mass is 398 g/mol. The van der Waals surface area contributed by atoms with E-state index in [1.54, 1.807) is 6.92 Å². The molecular weight excluding hydrogens is 383 g/mol. The molecule has 0 fully saturated rings. The minimum Gasteiger partial charge on any atom is -0.481 e. The highest BCUT2D eigenvalue weighted by atomic mass is 32.2. The second-order valence-corrected chi connectivity index (χ2v) is 6.70. The molecule has 0 saturated heterocycles. The van der Waals surface area contributed by atoms with Crippen LogP contribution in [0.3, 0.4) is 0 Å². The Bertz CT molecular complexity index is 1040. The van der Waals surface area contributed by atoms with E-state index in [1.807, 2.05) is 30.3 Å². The molecule has 2 heterocycles. The van der Waals surface area contributed by atoms with Crippen molar-refractivity contribution in [1.29, 1.82) is 0 Å². The standard InChI is InChI=1S/C19H15FN4O3S/c1-12(25-15-9-7-14(20)8-10-15)17-22-24-19(27-17)28-11-16-21-23-18(26-16)13-5-3-2-4-6-13/h2-10,12H,11H2,1H3/t12-/m1/s1. The summed E-state index contributed by atoms with van der Waals surface area (Å²) in [5.74, 6) is 1.83. The van der Waals surface area contributed by atoms with Crippen LogP contribution in [-0.2, 0) is 5.75 Å². The molecule has 7 nitrogen and oxygen atoms in total. The van der Waals surface area contributed by atoms with Crippen molar-refractivity contribution >= 4 is 11.8 Å². The van der Waals surface area contributed by atoms with Crippen LogP contribution >= 0.6 is 11.8 Å². The third-order valence-corrected chi connectivity index (χ3v) is 4.51. The summed E-state index contributed by atoms with van der Waals surface area (Å²) in [6, 6.07) is 15.3. The summed E-state index contributed by atoms with van der Waals surface area (Å²) in [6.07, 6.45) is -0.472. The first kappa shape index (κ1) is 18.2. The largest absolute Gasteiger partial charge is 0.481 e. The molecule has 0 aliphatic rings. The minimum atomic E-state index is -0.472. The number of ether oxygens (including phenoxy) is 1. The van der Waals surface area contributed by atoms with Gasteiger partial charge in [0.25, 0.3) is 11.1 Å². The normalized spacial score (nSPS) is 12.1. The molecule has 28 heavy (non-hydrogen) atoms. The highest BCUT2D eigenvalue weighted by molar-refractivity contribution is 7.98. The lowest BCUT2D eigenvalue weighted by molar-refractivity contribution is 0.181. The van der Waals surface area contributed by atoms with Gasteiger partial charge in [-0.1, -0.05) is 30.0 Å². The Kier molecular flexibility index (Phi) is 5.34. The van der Waals surface area contributed by atoms with Crippen LogP contribution in [0.25, 0.3) is 11.5 Å². The highest BCUT2D eigenvalue weighted by Crippen LogP contribution is 2.26. The van der Waals surface area contributed by atoms with Crippen molar-refractivity contribution in [3.05, 3.63) is 72.2 Å². The van der Waals surface area contributed by atoms with Gasteiger partial charge in [0.2, 0.25) is 11.8 Å². The van der Waals surface area contributed by atoms with Crippen LogP contribution in [0.4, 0.5) is 4.39 Å². The molecule has 4 aromatic rings. The fourth-order valence-electron chi connectivity index (χ4n) is 2.34. The Morgan fingerprint density at radius 3 is 2.54 bits per heavy atom. The zero-order valence-corrected chi connectivity index (χ0v) is 15.6. The number of aromatic nitrogens is 4. The first-order valence-electron chi connectivity index (χ1n) is 8.43. The summed E-state index contributed by atoms with van der Waals surface area (Å²) in [4.78, 5) is 0. The predicted octanol–water partition coefficient (Wildman–Crippen LogP) is 4.69. The Morgan fingerprint density at radius 1 is 0.964 bits per heavy atom. The van der Waals surface area contributed by atoms with E-state index in [0.717, 1.165) is 5.56 Å². The fraction of sp³-hybridized carbons (Fsp3) is 0.158. The molecule has 0 aliphatic carbocycles. The van der Waals surface area contributed by atoms with E-state index >= 15 is 0 Å². The van der Waals surface area contributed by atoms with Crippen molar-refractivity contribution < 1.29 is 18.0 Å². The van der Waals surface area contributed by atoms with Gasteiger partial charge < -0.3 is 13.6 Å². The maximum atomic E-state index is 13.0. The number of hydrogen-bond donors (Lipinski definition) is 0. The second kappa shape index (κ2) is 8.22. The summed E-state index contributed by atoms with van der Waals surface area (Å²) in [6.45, 7) is 1.77. The molecule has 0 bridgehead atoms. The van der Waals surface area contributed by atoms with Gasteiger partial charge in [0.05, 0.1) is 5.75 Å². The smallest absolute Gasteiger partial charge is 0.277 e. The molecule has 4 rings (SSSR count). The van der Waals surface area contributed by atoms with E-state index in [2.05, 4.69) is 20.4 Å². The number of hydrogen-bond acceptors (Lipinski definition) is 8. The molecule has 0 N–H and O–H groups in total. The van der Waals surface area contributed by atoms with Gasteiger partial charge in [-0.3, -0.25) is 0 Å². The van der Waals surface area contributed by atoms with Gasteiger partial charge in [0.1, 0.15) is 11.6 Å². The number of nitrogens with zero attached hydrogens (tertiary/aromatic N) is 4. The van der Waals surface area contributed by atoms with Crippen LogP contribution in [0.2, 0.25) is 0 Å². The van der Waals surface area contributed by atoms with Crippen LogP contribution in [0.5, 0.6) is 5.75 Å². The summed E-state index contributed by atoms with van der Waals surface area (Å²) >= 11 is 1.29. The molecule has 0 saturated carbocycles. The summed E-state index contributed by atoms with van der Waals surface area (Å²) in [5.41, 5.74) is 0.859. The first-order valence-corrected chi connectivity index (χ1v) is 9.42. The van der Waals surface area contributed by atoms with Gasteiger partial charge in [0.15, 0.2) is 6.10 Å². The molecule has 1 atom stereocenters. The molecule has 0 spiro atoms. The zero-order valence-electron chi connectivity index (χ0n) is 14.8. The maximum Gasteiger partial charge on any atom is 0.277 e. The lowest BCUT2D eigenvalue weighted by Gasteiger charge is -2.10. The molecule has 2 aromatic carbocycles. The SMILES string of the molecule is C[C@@H](Oc1ccc(F)cc1)c1nnc(SCc2nnc(-c3ccccc3)o2)o1. The second-order valence-electron chi connectivity index (χ2n) is 5.78. The first-order chi connectivity index (χ1) is 13.7. The Labute approximate surface area is 164 Å². The summed E-state index contributed by atoms with van der Waals surface area (Å²) < 4.78 is 29.9. The van der Waals surface area contributed by atoms with Gasteiger partial charge in [-0.05, 0) is 43.3 Å². The van der Waals surface area contributed by atoms with E-state index < -0.39 is 6.10 Å². The van der Waals surface area contributed by atoms with E-state index in [4.69, 9.17) is 13.6 Å². The van der Waals surface area contributed by atoms with Crippen molar-refractivity contribution in [2.45, 2.75) is 24.0 Å². The average molecular weight is 398 g/mol. The minimum absolute atomic E-state index is 0.322. The number of rotatable bonds is 7. The number of benzene rings is 2. The molecule has 0 amide bonds. The van der Waals surface area contributed by atoms with Crippen LogP contribution in [0, 0.1) is 5.82 Å². The molecule has 2 aromatic heterocycles.